The van der Waals surface area contributed by atoms with E-state index < -0.39 is 16.2 Å². The lowest BCUT2D eigenvalue weighted by Crippen LogP contribution is -2.42. The molecule has 0 aliphatic heterocycles. The molecule has 1 heterocycles. The number of rotatable bonds is 6. The molecule has 23 heavy (non-hydrogen) atoms. The van der Waals surface area contributed by atoms with Crippen molar-refractivity contribution >= 4 is 28.2 Å². The molecule has 128 valence electrons. The molecular formula is C14H22N4O4S. The van der Waals surface area contributed by atoms with Gasteiger partial charge in [0.2, 0.25) is 5.95 Å². The third-order valence-electron chi connectivity index (χ3n) is 3.75. The van der Waals surface area contributed by atoms with Crippen LogP contribution in [0.15, 0.2) is 5.57 Å². The molecule has 0 atom stereocenters. The van der Waals surface area contributed by atoms with Crippen LogP contribution in [-0.4, -0.2) is 45.3 Å². The van der Waals surface area contributed by atoms with Gasteiger partial charge >= 0.3 is 16.2 Å². The van der Waals surface area contributed by atoms with E-state index in [1.807, 2.05) is 6.92 Å². The van der Waals surface area contributed by atoms with Gasteiger partial charge in [-0.1, -0.05) is 6.92 Å². The zero-order chi connectivity index (χ0) is 17.4. The van der Waals surface area contributed by atoms with Crippen LogP contribution in [0.5, 0.6) is 0 Å². The lowest BCUT2D eigenvalue weighted by molar-refractivity contribution is -0.132. The summed E-state index contributed by atoms with van der Waals surface area (Å²) in [5.41, 5.74) is 6.79. The van der Waals surface area contributed by atoms with Crippen LogP contribution in [0.25, 0.3) is 6.08 Å². The Balaban J connectivity index is 2.56. The van der Waals surface area contributed by atoms with E-state index in [1.165, 1.54) is 10.4 Å². The number of nitrogen functional groups attached to an aromatic ring is 1. The first-order valence-corrected chi connectivity index (χ1v) is 8.93. The smallest absolute Gasteiger partial charge is 0.331 e. The quantitative estimate of drug-likeness (QED) is 0.799. The van der Waals surface area contributed by atoms with E-state index in [-0.39, 0.29) is 30.4 Å². The summed E-state index contributed by atoms with van der Waals surface area (Å²) in [6.45, 7) is 5.88. The predicted octanol–water partition coefficient (Wildman–Crippen LogP) is 1.09. The van der Waals surface area contributed by atoms with Crippen molar-refractivity contribution in [3.63, 3.8) is 0 Å². The predicted molar refractivity (Wildman–Crippen MR) is 87.0 cm³/mol. The number of nitrogens with zero attached hydrogens (tertiary/aromatic N) is 3. The molecule has 8 nitrogen and oxygen atoms in total. The average molecular weight is 342 g/mol. The maximum absolute atomic E-state index is 13.0. The number of hydrogen-bond acceptors (Lipinski definition) is 5. The van der Waals surface area contributed by atoms with Gasteiger partial charge in [0.1, 0.15) is 0 Å². The minimum Gasteiger partial charge on any atom is -0.478 e. The first-order valence-electron chi connectivity index (χ1n) is 7.53. The number of carbonyl (C=O) groups is 1. The SMILES string of the molecule is CCCN(C(C)C)S(=O)(=O)n1c(N)nc2c1CCC(C(=O)O)=C2. The summed E-state index contributed by atoms with van der Waals surface area (Å²) in [6, 6.07) is -0.217. The first kappa shape index (κ1) is 17.5. The van der Waals surface area contributed by atoms with E-state index >= 15 is 0 Å². The van der Waals surface area contributed by atoms with Crippen molar-refractivity contribution in [2.45, 2.75) is 46.1 Å². The largest absolute Gasteiger partial charge is 0.478 e. The molecule has 3 N–H and O–H groups in total. The fourth-order valence-electron chi connectivity index (χ4n) is 2.70. The zero-order valence-electron chi connectivity index (χ0n) is 13.5. The minimum atomic E-state index is -3.84. The fraction of sp³-hybridized carbons (Fsp3) is 0.571. The summed E-state index contributed by atoms with van der Waals surface area (Å²) in [7, 11) is -3.84. The van der Waals surface area contributed by atoms with Crippen LogP contribution < -0.4 is 5.73 Å². The van der Waals surface area contributed by atoms with Crippen LogP contribution >= 0.6 is 0 Å². The molecule has 1 aromatic rings. The van der Waals surface area contributed by atoms with Gasteiger partial charge in [0.25, 0.3) is 0 Å². The molecule has 0 unspecified atom stereocenters. The second-order valence-corrected chi connectivity index (χ2v) is 7.48. The first-order chi connectivity index (χ1) is 10.7. The van der Waals surface area contributed by atoms with Crippen molar-refractivity contribution in [1.82, 2.24) is 13.3 Å². The number of aromatic nitrogens is 2. The summed E-state index contributed by atoms with van der Waals surface area (Å²) in [5.74, 6) is -1.17. The lowest BCUT2D eigenvalue weighted by Gasteiger charge is -2.27. The van der Waals surface area contributed by atoms with E-state index in [2.05, 4.69) is 4.98 Å². The second kappa shape index (κ2) is 6.32. The lowest BCUT2D eigenvalue weighted by atomic mass is 10.0. The molecule has 0 bridgehead atoms. The summed E-state index contributed by atoms with van der Waals surface area (Å²) in [6.07, 6.45) is 2.59. The highest BCUT2D eigenvalue weighted by atomic mass is 32.2. The average Bonchev–Trinajstić information content (AvgIpc) is 2.79. The van der Waals surface area contributed by atoms with E-state index in [0.29, 0.717) is 24.4 Å². The summed E-state index contributed by atoms with van der Waals surface area (Å²) >= 11 is 0. The Hall–Kier alpha value is -1.87. The van der Waals surface area contributed by atoms with Crippen molar-refractivity contribution in [1.29, 1.82) is 0 Å². The fourth-order valence-corrected chi connectivity index (χ4v) is 4.60. The van der Waals surface area contributed by atoms with Gasteiger partial charge in [0.15, 0.2) is 0 Å². The summed E-state index contributed by atoms with van der Waals surface area (Å²) < 4.78 is 28.4. The van der Waals surface area contributed by atoms with E-state index in [1.54, 1.807) is 13.8 Å². The maximum Gasteiger partial charge on any atom is 0.331 e. The van der Waals surface area contributed by atoms with Crippen LogP contribution in [0.4, 0.5) is 5.95 Å². The maximum atomic E-state index is 13.0. The van der Waals surface area contributed by atoms with E-state index in [4.69, 9.17) is 10.8 Å². The number of aliphatic carboxylic acids is 1. The highest BCUT2D eigenvalue weighted by Crippen LogP contribution is 2.28. The minimum absolute atomic E-state index is 0.139. The van der Waals surface area contributed by atoms with Crippen LogP contribution in [0.3, 0.4) is 0 Å². The number of fused-ring (bicyclic) bond motifs is 1. The summed E-state index contributed by atoms with van der Waals surface area (Å²) in [5, 5.41) is 9.07. The third-order valence-corrected chi connectivity index (χ3v) is 5.81. The number of carboxylic acid groups (broad SMARTS) is 1. The molecule has 1 aliphatic rings. The standard InChI is InChI=1S/C14H22N4O4S/c1-4-7-17(9(2)3)23(21,22)18-12-6-5-10(13(19)20)8-11(12)16-14(18)15/h8-9H,4-7H2,1-3H3,(H2,15,16)(H,19,20). The molecule has 0 saturated heterocycles. The van der Waals surface area contributed by atoms with Gasteiger partial charge in [-0.15, -0.1) is 0 Å². The number of nitrogens with two attached hydrogens (primary N) is 1. The van der Waals surface area contributed by atoms with Gasteiger partial charge in [0, 0.05) is 18.2 Å². The number of imidazole rings is 1. The zero-order valence-corrected chi connectivity index (χ0v) is 14.3. The monoisotopic (exact) mass is 342 g/mol. The van der Waals surface area contributed by atoms with Crippen molar-refractivity contribution in [3.05, 3.63) is 17.0 Å². The highest BCUT2D eigenvalue weighted by molar-refractivity contribution is 7.87. The van der Waals surface area contributed by atoms with Crippen LogP contribution in [-0.2, 0) is 21.4 Å². The Kier molecular flexibility index (Phi) is 4.81. The van der Waals surface area contributed by atoms with Gasteiger partial charge in [-0.3, -0.25) is 0 Å². The van der Waals surface area contributed by atoms with Crippen molar-refractivity contribution in [2.24, 2.45) is 0 Å². The molecule has 1 aliphatic carbocycles. The molecule has 0 fully saturated rings. The molecule has 9 heteroatoms. The van der Waals surface area contributed by atoms with Gasteiger partial charge in [-0.05, 0) is 39.2 Å². The summed E-state index contributed by atoms with van der Waals surface area (Å²) in [4.78, 5) is 15.1. The topological polar surface area (TPSA) is 119 Å². The Labute approximate surface area is 135 Å². The van der Waals surface area contributed by atoms with Crippen molar-refractivity contribution in [3.8, 4) is 0 Å². The van der Waals surface area contributed by atoms with Gasteiger partial charge in [0.05, 0.1) is 11.4 Å². The molecular weight excluding hydrogens is 320 g/mol. The van der Waals surface area contributed by atoms with Gasteiger partial charge in [-0.25, -0.2) is 9.78 Å². The molecule has 0 amide bonds. The van der Waals surface area contributed by atoms with Crippen molar-refractivity contribution < 1.29 is 18.3 Å². The van der Waals surface area contributed by atoms with Crippen molar-refractivity contribution in [2.75, 3.05) is 12.3 Å². The highest BCUT2D eigenvalue weighted by Gasteiger charge is 2.33. The number of anilines is 1. The third kappa shape index (κ3) is 3.11. The number of carboxylic acids is 1. The molecule has 0 radical (unpaired) electrons. The van der Waals surface area contributed by atoms with Gasteiger partial charge in [-0.2, -0.15) is 16.7 Å². The Bertz CT molecular complexity index is 749. The van der Waals surface area contributed by atoms with Crippen LogP contribution in [0.2, 0.25) is 0 Å². The molecule has 0 spiro atoms. The van der Waals surface area contributed by atoms with E-state index in [0.717, 1.165) is 3.97 Å². The molecule has 1 aromatic heterocycles. The van der Waals surface area contributed by atoms with Gasteiger partial charge < -0.3 is 10.8 Å². The Morgan fingerprint density at radius 1 is 1.48 bits per heavy atom. The van der Waals surface area contributed by atoms with E-state index in [9.17, 15) is 13.2 Å². The normalized spacial score (nSPS) is 14.9. The molecule has 0 aromatic carbocycles. The van der Waals surface area contributed by atoms with Crippen LogP contribution in [0, 0.1) is 0 Å². The molecule has 0 saturated carbocycles. The Morgan fingerprint density at radius 2 is 2.13 bits per heavy atom. The molecule has 2 rings (SSSR count). The Morgan fingerprint density at radius 3 is 2.65 bits per heavy atom. The second-order valence-electron chi connectivity index (χ2n) is 5.75. The number of hydrogen-bond donors (Lipinski definition) is 2. The van der Waals surface area contributed by atoms with Crippen LogP contribution in [0.1, 0.15) is 45.0 Å².